The number of hydrogen-bond acceptors (Lipinski definition) is 5. The SMILES string of the molecule is COc1cc(C2(S(=O)(=O)F)COC2)ccc1O[Si](C(C)C)(C(C)C)C(C)C. The Bertz CT molecular complexity index is 751. The molecule has 1 aromatic rings. The van der Waals surface area contributed by atoms with Gasteiger partial charge >= 0.3 is 10.2 Å². The first kappa shape index (κ1) is 22.2. The molecule has 2 rings (SSSR count). The molecule has 5 nitrogen and oxygen atoms in total. The maximum atomic E-state index is 13.9. The van der Waals surface area contributed by atoms with Crippen LogP contribution in [0.2, 0.25) is 16.6 Å². The van der Waals surface area contributed by atoms with Crippen LogP contribution < -0.4 is 9.16 Å². The Kier molecular flexibility index (Phi) is 6.33. The molecule has 0 amide bonds. The Morgan fingerprint density at radius 3 is 1.89 bits per heavy atom. The Hall–Kier alpha value is -1.12. The Balaban J connectivity index is 2.51. The van der Waals surface area contributed by atoms with Crippen LogP contribution in [0, 0.1) is 0 Å². The van der Waals surface area contributed by atoms with E-state index in [1.807, 2.05) is 0 Å². The summed E-state index contributed by atoms with van der Waals surface area (Å²) in [6.07, 6.45) is 0. The number of rotatable bonds is 8. The standard InChI is InChI=1S/C19H31FO5SSi/c1-13(2)27(14(3)4,15(5)6)25-17-9-8-16(10-18(17)23-7)19(11-24-12-19)26(20,21)22/h8-10,13-15H,11-12H2,1-7H3. The van der Waals surface area contributed by atoms with Gasteiger partial charge in [-0.2, -0.15) is 8.42 Å². The first-order valence-electron chi connectivity index (χ1n) is 9.31. The minimum atomic E-state index is -4.81. The van der Waals surface area contributed by atoms with E-state index in [0.717, 1.165) is 0 Å². The molecule has 0 unspecified atom stereocenters. The predicted octanol–water partition coefficient (Wildman–Crippen LogP) is 4.77. The maximum absolute atomic E-state index is 13.9. The lowest BCUT2D eigenvalue weighted by molar-refractivity contribution is -0.0181. The van der Waals surface area contributed by atoms with E-state index in [4.69, 9.17) is 13.9 Å². The molecule has 0 bridgehead atoms. The monoisotopic (exact) mass is 418 g/mol. The first-order chi connectivity index (χ1) is 12.4. The Labute approximate surface area is 163 Å². The van der Waals surface area contributed by atoms with Crippen molar-refractivity contribution in [3.63, 3.8) is 0 Å². The van der Waals surface area contributed by atoms with Gasteiger partial charge in [-0.25, -0.2) is 0 Å². The van der Waals surface area contributed by atoms with Crippen molar-refractivity contribution in [2.24, 2.45) is 0 Å². The largest absolute Gasteiger partial charge is 0.540 e. The van der Waals surface area contributed by atoms with Crippen molar-refractivity contribution < 1.29 is 26.2 Å². The summed E-state index contributed by atoms with van der Waals surface area (Å²) in [5.74, 6) is 0.997. The third-order valence-corrected chi connectivity index (χ3v) is 13.2. The second-order valence-electron chi connectivity index (χ2n) is 8.21. The molecule has 0 aliphatic carbocycles. The summed E-state index contributed by atoms with van der Waals surface area (Å²) in [4.78, 5) is 0. The molecular weight excluding hydrogens is 387 g/mol. The zero-order valence-corrected chi connectivity index (χ0v) is 19.0. The van der Waals surface area contributed by atoms with E-state index in [1.54, 1.807) is 18.2 Å². The van der Waals surface area contributed by atoms with Gasteiger partial charge < -0.3 is 13.9 Å². The van der Waals surface area contributed by atoms with E-state index >= 15 is 0 Å². The summed E-state index contributed by atoms with van der Waals surface area (Å²) < 4.78 is 52.8. The molecule has 1 aromatic carbocycles. The van der Waals surface area contributed by atoms with Gasteiger partial charge in [0.1, 0.15) is 5.75 Å². The van der Waals surface area contributed by atoms with Crippen molar-refractivity contribution in [2.75, 3.05) is 20.3 Å². The van der Waals surface area contributed by atoms with Gasteiger partial charge in [-0.1, -0.05) is 47.6 Å². The zero-order chi connectivity index (χ0) is 20.6. The summed E-state index contributed by atoms with van der Waals surface area (Å²) in [6, 6.07) is 4.88. The lowest BCUT2D eigenvalue weighted by Crippen LogP contribution is -2.51. The summed E-state index contributed by atoms with van der Waals surface area (Å²) >= 11 is 0. The fourth-order valence-electron chi connectivity index (χ4n) is 4.31. The van der Waals surface area contributed by atoms with Crippen molar-refractivity contribution in [3.8, 4) is 11.5 Å². The summed E-state index contributed by atoms with van der Waals surface area (Å²) in [7, 11) is -5.51. The average Bonchev–Trinajstić information content (AvgIpc) is 2.49. The molecule has 27 heavy (non-hydrogen) atoms. The zero-order valence-electron chi connectivity index (χ0n) is 17.2. The van der Waals surface area contributed by atoms with Crippen LogP contribution in [0.1, 0.15) is 47.1 Å². The van der Waals surface area contributed by atoms with E-state index in [1.165, 1.54) is 7.11 Å². The van der Waals surface area contributed by atoms with Crippen LogP contribution in [0.5, 0.6) is 11.5 Å². The van der Waals surface area contributed by atoms with Crippen molar-refractivity contribution in [2.45, 2.75) is 62.9 Å². The van der Waals surface area contributed by atoms with Crippen LogP contribution in [0.15, 0.2) is 18.2 Å². The second-order valence-corrected chi connectivity index (χ2v) is 15.2. The highest BCUT2D eigenvalue weighted by Crippen LogP contribution is 2.47. The number of hydrogen-bond donors (Lipinski definition) is 0. The molecule has 0 aromatic heterocycles. The molecule has 0 N–H and O–H groups in total. The third kappa shape index (κ3) is 3.63. The summed E-state index contributed by atoms with van der Waals surface area (Å²) in [5.41, 5.74) is 1.45. The van der Waals surface area contributed by atoms with Gasteiger partial charge in [-0.15, -0.1) is 3.89 Å². The molecule has 1 heterocycles. The maximum Gasteiger partial charge on any atom is 0.316 e. The fourth-order valence-corrected chi connectivity index (χ4v) is 10.4. The van der Waals surface area contributed by atoms with Gasteiger partial charge in [0.25, 0.3) is 8.32 Å². The third-order valence-electron chi connectivity index (χ3n) is 5.82. The van der Waals surface area contributed by atoms with Gasteiger partial charge in [-0.05, 0) is 34.3 Å². The highest BCUT2D eigenvalue weighted by Gasteiger charge is 2.53. The molecule has 154 valence electrons. The lowest BCUT2D eigenvalue weighted by Gasteiger charge is -2.42. The van der Waals surface area contributed by atoms with Crippen LogP contribution in [0.3, 0.4) is 0 Å². The van der Waals surface area contributed by atoms with Crippen molar-refractivity contribution in [3.05, 3.63) is 23.8 Å². The van der Waals surface area contributed by atoms with Crippen LogP contribution in [-0.4, -0.2) is 37.1 Å². The molecule has 0 atom stereocenters. The Morgan fingerprint density at radius 2 is 1.56 bits per heavy atom. The number of ether oxygens (including phenoxy) is 2. The minimum Gasteiger partial charge on any atom is -0.540 e. The highest BCUT2D eigenvalue weighted by atomic mass is 32.3. The molecule has 1 aliphatic heterocycles. The Morgan fingerprint density at radius 1 is 1.04 bits per heavy atom. The lowest BCUT2D eigenvalue weighted by atomic mass is 9.96. The molecular formula is C19H31FO5SSi. The van der Waals surface area contributed by atoms with E-state index in [9.17, 15) is 12.3 Å². The minimum absolute atomic E-state index is 0.197. The van der Waals surface area contributed by atoms with Crippen LogP contribution in [0.25, 0.3) is 0 Å². The van der Waals surface area contributed by atoms with E-state index in [0.29, 0.717) is 33.7 Å². The van der Waals surface area contributed by atoms with Crippen molar-refractivity contribution in [1.82, 2.24) is 0 Å². The highest BCUT2D eigenvalue weighted by molar-refractivity contribution is 7.87. The van der Waals surface area contributed by atoms with Gasteiger partial charge in [0, 0.05) is 0 Å². The summed E-state index contributed by atoms with van der Waals surface area (Å²) in [6.45, 7) is 12.7. The van der Waals surface area contributed by atoms with E-state index in [-0.39, 0.29) is 13.2 Å². The van der Waals surface area contributed by atoms with Gasteiger partial charge in [-0.3, -0.25) is 0 Å². The smallest absolute Gasteiger partial charge is 0.316 e. The summed E-state index contributed by atoms with van der Waals surface area (Å²) in [5, 5.41) is 0. The first-order valence-corrected chi connectivity index (χ1v) is 12.8. The van der Waals surface area contributed by atoms with Gasteiger partial charge in [0.15, 0.2) is 10.5 Å². The molecule has 1 saturated heterocycles. The van der Waals surface area contributed by atoms with Crippen LogP contribution >= 0.6 is 0 Å². The predicted molar refractivity (Wildman–Crippen MR) is 107 cm³/mol. The topological polar surface area (TPSA) is 61.8 Å². The second kappa shape index (κ2) is 7.71. The van der Waals surface area contributed by atoms with Crippen LogP contribution in [-0.2, 0) is 19.7 Å². The van der Waals surface area contributed by atoms with Crippen molar-refractivity contribution >= 4 is 18.5 Å². The molecule has 1 aliphatic rings. The number of methoxy groups -OCH3 is 1. The average molecular weight is 419 g/mol. The van der Waals surface area contributed by atoms with E-state index < -0.39 is 23.3 Å². The van der Waals surface area contributed by atoms with Crippen LogP contribution in [0.4, 0.5) is 3.89 Å². The number of benzene rings is 1. The fraction of sp³-hybridized carbons (Fsp3) is 0.684. The molecule has 0 spiro atoms. The molecule has 0 saturated carbocycles. The van der Waals surface area contributed by atoms with Gasteiger partial charge in [0.05, 0.1) is 20.3 Å². The van der Waals surface area contributed by atoms with Crippen molar-refractivity contribution in [1.29, 1.82) is 0 Å². The van der Waals surface area contributed by atoms with Gasteiger partial charge in [0.2, 0.25) is 0 Å². The molecule has 0 radical (unpaired) electrons. The van der Waals surface area contributed by atoms with E-state index in [2.05, 4.69) is 41.5 Å². The number of halogens is 1. The quantitative estimate of drug-likeness (QED) is 0.449. The molecule has 1 fully saturated rings. The normalized spacial score (nSPS) is 17.3. The molecule has 8 heteroatoms.